The highest BCUT2D eigenvalue weighted by molar-refractivity contribution is 14.0. The molecule has 0 radical (unpaired) electrons. The van der Waals surface area contributed by atoms with E-state index >= 15 is 0 Å². The number of nitrogens with zero attached hydrogens (tertiary/aromatic N) is 1. The summed E-state index contributed by atoms with van der Waals surface area (Å²) in [6, 6.07) is 10.8. The minimum absolute atomic E-state index is 0. The van der Waals surface area contributed by atoms with Crippen LogP contribution < -0.4 is 10.6 Å². The number of thioether (sulfide) groups is 1. The molecule has 0 aliphatic heterocycles. The fraction of sp³-hybridized carbons (Fsp3) is 0.588. The Morgan fingerprint density at radius 2 is 2.00 bits per heavy atom. The average molecular weight is 433 g/mol. The average Bonchev–Trinajstić information content (AvgIpc) is 3.30. The Morgan fingerprint density at radius 3 is 2.68 bits per heavy atom. The van der Waals surface area contributed by atoms with E-state index in [-0.39, 0.29) is 24.0 Å². The molecule has 1 aromatic rings. The van der Waals surface area contributed by atoms with Gasteiger partial charge in [-0.05, 0) is 48.7 Å². The van der Waals surface area contributed by atoms with Crippen molar-refractivity contribution in [2.75, 3.05) is 32.1 Å². The van der Waals surface area contributed by atoms with E-state index in [4.69, 9.17) is 0 Å². The second kappa shape index (κ2) is 11.2. The molecule has 0 aromatic heterocycles. The summed E-state index contributed by atoms with van der Waals surface area (Å²) in [7, 11) is 1.85. The molecule has 5 heteroatoms. The van der Waals surface area contributed by atoms with E-state index < -0.39 is 0 Å². The zero-order valence-electron chi connectivity index (χ0n) is 13.5. The number of halogens is 1. The molecule has 2 N–H and O–H groups in total. The lowest BCUT2D eigenvalue weighted by atomic mass is 10.1. The molecule has 0 amide bonds. The molecule has 2 unspecified atom stereocenters. The van der Waals surface area contributed by atoms with Crippen LogP contribution in [0.2, 0.25) is 0 Å². The van der Waals surface area contributed by atoms with Crippen molar-refractivity contribution in [2.45, 2.75) is 25.2 Å². The van der Waals surface area contributed by atoms with E-state index in [1.807, 2.05) is 18.8 Å². The second-order valence-electron chi connectivity index (χ2n) is 5.59. The third kappa shape index (κ3) is 6.77. The fourth-order valence-electron chi connectivity index (χ4n) is 2.61. The highest BCUT2D eigenvalue weighted by Gasteiger charge is 2.37. The first-order valence-electron chi connectivity index (χ1n) is 7.83. The molecule has 124 valence electrons. The highest BCUT2D eigenvalue weighted by atomic mass is 127. The second-order valence-corrected chi connectivity index (χ2v) is 6.58. The predicted octanol–water partition coefficient (Wildman–Crippen LogP) is 3.72. The van der Waals surface area contributed by atoms with Gasteiger partial charge in [-0.15, -0.1) is 24.0 Å². The lowest BCUT2D eigenvalue weighted by Gasteiger charge is -2.11. The van der Waals surface area contributed by atoms with Gasteiger partial charge in [0.2, 0.25) is 0 Å². The van der Waals surface area contributed by atoms with Crippen molar-refractivity contribution in [1.82, 2.24) is 10.6 Å². The first-order chi connectivity index (χ1) is 10.3. The Morgan fingerprint density at radius 1 is 1.23 bits per heavy atom. The van der Waals surface area contributed by atoms with Gasteiger partial charge in [-0.25, -0.2) is 0 Å². The zero-order chi connectivity index (χ0) is 14.9. The van der Waals surface area contributed by atoms with Crippen LogP contribution in [0.3, 0.4) is 0 Å². The van der Waals surface area contributed by atoms with E-state index in [0.717, 1.165) is 30.9 Å². The summed E-state index contributed by atoms with van der Waals surface area (Å²) in [5.74, 6) is 3.67. The van der Waals surface area contributed by atoms with Crippen LogP contribution in [0.25, 0.3) is 0 Å². The van der Waals surface area contributed by atoms with Crippen LogP contribution >= 0.6 is 35.7 Å². The van der Waals surface area contributed by atoms with E-state index in [1.54, 1.807) is 0 Å². The Bertz CT molecular complexity index is 439. The Labute approximate surface area is 156 Å². The van der Waals surface area contributed by atoms with Crippen molar-refractivity contribution < 1.29 is 0 Å². The first kappa shape index (κ1) is 19.6. The van der Waals surface area contributed by atoms with Crippen LogP contribution in [-0.4, -0.2) is 38.1 Å². The van der Waals surface area contributed by atoms with E-state index in [0.29, 0.717) is 0 Å². The molecule has 1 fully saturated rings. The molecule has 0 heterocycles. The number of hydrogen-bond acceptors (Lipinski definition) is 2. The van der Waals surface area contributed by atoms with Crippen LogP contribution in [0.1, 0.15) is 30.7 Å². The van der Waals surface area contributed by atoms with Crippen LogP contribution in [0.15, 0.2) is 35.3 Å². The van der Waals surface area contributed by atoms with Crippen LogP contribution in [0, 0.1) is 5.92 Å². The normalized spacial score (nSPS) is 20.2. The van der Waals surface area contributed by atoms with Crippen molar-refractivity contribution in [3.05, 3.63) is 35.9 Å². The van der Waals surface area contributed by atoms with E-state index in [1.165, 1.54) is 30.6 Å². The number of nitrogens with one attached hydrogen (secondary N) is 2. The van der Waals surface area contributed by atoms with Crippen molar-refractivity contribution >= 4 is 41.7 Å². The third-order valence-electron chi connectivity index (χ3n) is 3.97. The van der Waals surface area contributed by atoms with Crippen molar-refractivity contribution in [3.63, 3.8) is 0 Å². The molecule has 0 bridgehead atoms. The summed E-state index contributed by atoms with van der Waals surface area (Å²) in [5.41, 5.74) is 1.48. The quantitative estimate of drug-likeness (QED) is 0.284. The van der Waals surface area contributed by atoms with Gasteiger partial charge in [-0.1, -0.05) is 30.3 Å². The summed E-state index contributed by atoms with van der Waals surface area (Å²) in [5, 5.41) is 6.85. The van der Waals surface area contributed by atoms with Gasteiger partial charge in [-0.2, -0.15) is 11.8 Å². The summed E-state index contributed by atoms with van der Waals surface area (Å²) in [6.45, 7) is 2.02. The van der Waals surface area contributed by atoms with Crippen molar-refractivity contribution in [1.29, 1.82) is 0 Å². The summed E-state index contributed by atoms with van der Waals surface area (Å²) in [4.78, 5) is 4.29. The maximum Gasteiger partial charge on any atom is 0.190 e. The minimum Gasteiger partial charge on any atom is -0.356 e. The molecular weight excluding hydrogens is 405 g/mol. The van der Waals surface area contributed by atoms with E-state index in [2.05, 4.69) is 52.2 Å². The van der Waals surface area contributed by atoms with Crippen LogP contribution in [-0.2, 0) is 0 Å². The minimum atomic E-state index is 0. The zero-order valence-corrected chi connectivity index (χ0v) is 16.7. The van der Waals surface area contributed by atoms with E-state index in [9.17, 15) is 0 Å². The monoisotopic (exact) mass is 433 g/mol. The largest absolute Gasteiger partial charge is 0.356 e. The molecule has 1 aliphatic rings. The molecule has 0 spiro atoms. The molecule has 1 aliphatic carbocycles. The Kier molecular flexibility index (Phi) is 9.95. The van der Waals surface area contributed by atoms with Gasteiger partial charge < -0.3 is 10.6 Å². The van der Waals surface area contributed by atoms with Gasteiger partial charge in [0.25, 0.3) is 0 Å². The summed E-state index contributed by atoms with van der Waals surface area (Å²) >= 11 is 1.91. The number of rotatable bonds is 8. The number of unbranched alkanes of at least 4 members (excludes halogenated alkanes) is 1. The molecule has 2 rings (SSSR count). The topological polar surface area (TPSA) is 36.4 Å². The first-order valence-corrected chi connectivity index (χ1v) is 9.23. The van der Waals surface area contributed by atoms with Crippen LogP contribution in [0.5, 0.6) is 0 Å². The molecule has 2 atom stereocenters. The maximum absolute atomic E-state index is 4.29. The van der Waals surface area contributed by atoms with Crippen molar-refractivity contribution in [2.24, 2.45) is 10.9 Å². The molecular formula is C17H28IN3S. The molecule has 0 saturated heterocycles. The van der Waals surface area contributed by atoms with Gasteiger partial charge in [-0.3, -0.25) is 4.99 Å². The third-order valence-corrected chi connectivity index (χ3v) is 4.67. The lowest BCUT2D eigenvalue weighted by Crippen LogP contribution is -2.38. The molecule has 1 aromatic carbocycles. The van der Waals surface area contributed by atoms with Crippen molar-refractivity contribution in [3.8, 4) is 0 Å². The number of hydrogen-bond donors (Lipinski definition) is 2. The molecule has 1 saturated carbocycles. The van der Waals surface area contributed by atoms with Gasteiger partial charge >= 0.3 is 0 Å². The Balaban J connectivity index is 0.00000242. The van der Waals surface area contributed by atoms with Gasteiger partial charge in [0.05, 0.1) is 0 Å². The number of aliphatic imine (C=N–C) groups is 1. The molecule has 3 nitrogen and oxygen atoms in total. The van der Waals surface area contributed by atoms with Gasteiger partial charge in [0, 0.05) is 20.1 Å². The predicted molar refractivity (Wildman–Crippen MR) is 110 cm³/mol. The van der Waals surface area contributed by atoms with Crippen LogP contribution in [0.4, 0.5) is 0 Å². The standard InChI is InChI=1S/C17H27N3S.HI/c1-18-17(19-10-6-7-11-21-2)20-13-15-12-16(15)14-8-4-3-5-9-14;/h3-5,8-9,15-16H,6-7,10-13H2,1-2H3,(H2,18,19,20);1H. The fourth-order valence-corrected chi connectivity index (χ4v) is 3.10. The number of benzene rings is 1. The lowest BCUT2D eigenvalue weighted by molar-refractivity contribution is 0.699. The summed E-state index contributed by atoms with van der Waals surface area (Å²) < 4.78 is 0. The smallest absolute Gasteiger partial charge is 0.190 e. The number of guanidine groups is 1. The maximum atomic E-state index is 4.29. The van der Waals surface area contributed by atoms with Gasteiger partial charge in [0.15, 0.2) is 5.96 Å². The Hall–Kier alpha value is -0.430. The highest BCUT2D eigenvalue weighted by Crippen LogP contribution is 2.46. The SMILES string of the molecule is CN=C(NCCCCSC)NCC1CC1c1ccccc1.I. The summed E-state index contributed by atoms with van der Waals surface area (Å²) in [6.07, 6.45) is 5.93. The molecule has 22 heavy (non-hydrogen) atoms. The van der Waals surface area contributed by atoms with Gasteiger partial charge in [0.1, 0.15) is 0 Å².